The van der Waals surface area contributed by atoms with Crippen molar-refractivity contribution in [3.8, 4) is 0 Å². The molecule has 2 unspecified atom stereocenters. The third-order valence-corrected chi connectivity index (χ3v) is 8.13. The van der Waals surface area contributed by atoms with Crippen LogP contribution in [-0.4, -0.2) is 49.3 Å². The number of aliphatic hydroxyl groups excluding tert-OH is 1. The molecule has 0 radical (unpaired) electrons. The first-order valence-corrected chi connectivity index (χ1v) is 11.9. The summed E-state index contributed by atoms with van der Waals surface area (Å²) in [5.41, 5.74) is -1.89. The van der Waals surface area contributed by atoms with Crippen LogP contribution in [0.1, 0.15) is 38.2 Å². The van der Waals surface area contributed by atoms with Gasteiger partial charge < -0.3 is 15.2 Å². The molecule has 31 heavy (non-hydrogen) atoms. The number of ether oxygens (including phenoxy) is 1. The SMILES string of the molecule is Cc1ccc(S(=O)(=O)OCCC2C(=O)N[C@@]3([C@@H](O)C4C=CCCC4)C(=O)O[C@@]23C)cc1. The molecule has 8 nitrogen and oxygen atoms in total. The van der Waals surface area contributed by atoms with Crippen molar-refractivity contribution in [2.24, 2.45) is 11.8 Å². The molecular weight excluding hydrogens is 422 g/mol. The maximum atomic E-state index is 12.8. The molecule has 1 aliphatic carbocycles. The van der Waals surface area contributed by atoms with E-state index in [4.69, 9.17) is 8.92 Å². The zero-order valence-electron chi connectivity index (χ0n) is 17.5. The van der Waals surface area contributed by atoms with Crippen LogP contribution in [0.3, 0.4) is 0 Å². The highest BCUT2D eigenvalue weighted by Crippen LogP contribution is 2.53. The predicted octanol–water partition coefficient (Wildman–Crippen LogP) is 1.61. The molecule has 2 heterocycles. The number of nitrogens with one attached hydrogen (secondary N) is 1. The molecule has 2 saturated heterocycles. The zero-order chi connectivity index (χ0) is 22.4. The van der Waals surface area contributed by atoms with E-state index in [9.17, 15) is 23.1 Å². The summed E-state index contributed by atoms with van der Waals surface area (Å²) in [7, 11) is -3.98. The fourth-order valence-corrected chi connectivity index (χ4v) is 5.85. The summed E-state index contributed by atoms with van der Waals surface area (Å²) >= 11 is 0. The lowest BCUT2D eigenvalue weighted by molar-refractivity contribution is -0.238. The molecule has 5 atom stereocenters. The number of aliphatic hydroxyl groups is 1. The largest absolute Gasteiger partial charge is 0.453 e. The Kier molecular flexibility index (Phi) is 5.47. The number of carbonyl (C=O) groups excluding carboxylic acids is 2. The monoisotopic (exact) mass is 449 g/mol. The second kappa shape index (κ2) is 7.72. The van der Waals surface area contributed by atoms with Crippen molar-refractivity contribution >= 4 is 22.0 Å². The topological polar surface area (TPSA) is 119 Å². The molecule has 1 aromatic rings. The highest BCUT2D eigenvalue weighted by molar-refractivity contribution is 7.86. The van der Waals surface area contributed by atoms with Gasteiger partial charge in [-0.25, -0.2) is 4.79 Å². The Morgan fingerprint density at radius 1 is 1.29 bits per heavy atom. The molecule has 9 heteroatoms. The molecule has 2 fully saturated rings. The quantitative estimate of drug-likeness (QED) is 0.369. The number of amides is 1. The average Bonchev–Trinajstić information content (AvgIpc) is 2.91. The van der Waals surface area contributed by atoms with E-state index in [-0.39, 0.29) is 23.8 Å². The Labute approximate surface area is 181 Å². The smallest absolute Gasteiger partial charge is 0.339 e. The van der Waals surface area contributed by atoms with Crippen LogP contribution < -0.4 is 5.32 Å². The van der Waals surface area contributed by atoms with E-state index in [1.807, 2.05) is 19.1 Å². The van der Waals surface area contributed by atoms with Crippen molar-refractivity contribution in [2.45, 2.75) is 61.7 Å². The van der Waals surface area contributed by atoms with Gasteiger partial charge in [0.1, 0.15) is 0 Å². The highest BCUT2D eigenvalue weighted by atomic mass is 32.2. The van der Waals surface area contributed by atoms with Gasteiger partial charge in [0.15, 0.2) is 5.60 Å². The molecular formula is C22H27NO7S. The number of rotatable bonds is 7. The summed E-state index contributed by atoms with van der Waals surface area (Å²) < 4.78 is 35.4. The van der Waals surface area contributed by atoms with Crippen LogP contribution in [0.4, 0.5) is 0 Å². The molecule has 168 valence electrons. The van der Waals surface area contributed by atoms with Crippen LogP contribution in [0.15, 0.2) is 41.3 Å². The van der Waals surface area contributed by atoms with Gasteiger partial charge in [-0.2, -0.15) is 8.42 Å². The summed E-state index contributed by atoms with van der Waals surface area (Å²) in [6.07, 6.45) is 5.26. The predicted molar refractivity (Wildman–Crippen MR) is 110 cm³/mol. The second-order valence-electron chi connectivity index (χ2n) is 8.69. The van der Waals surface area contributed by atoms with E-state index in [1.54, 1.807) is 19.1 Å². The fourth-order valence-electron chi connectivity index (χ4n) is 4.93. The Hall–Kier alpha value is -2.23. The molecule has 0 saturated carbocycles. The van der Waals surface area contributed by atoms with Gasteiger partial charge in [0.2, 0.25) is 11.4 Å². The van der Waals surface area contributed by atoms with Gasteiger partial charge in [-0.3, -0.25) is 8.98 Å². The van der Waals surface area contributed by atoms with E-state index in [1.165, 1.54) is 12.1 Å². The molecule has 1 aromatic carbocycles. The summed E-state index contributed by atoms with van der Waals surface area (Å²) in [5, 5.41) is 13.7. The first-order valence-electron chi connectivity index (χ1n) is 10.5. The van der Waals surface area contributed by atoms with Crippen molar-refractivity contribution in [3.63, 3.8) is 0 Å². The van der Waals surface area contributed by atoms with Crippen molar-refractivity contribution < 1.29 is 32.0 Å². The van der Waals surface area contributed by atoms with Crippen LogP contribution in [0.5, 0.6) is 0 Å². The maximum Gasteiger partial charge on any atom is 0.339 e. The molecule has 2 aliphatic heterocycles. The summed E-state index contributed by atoms with van der Waals surface area (Å²) in [6.45, 7) is 3.21. The molecule has 1 amide bonds. The summed E-state index contributed by atoms with van der Waals surface area (Å²) in [6, 6.07) is 6.26. The number of allylic oxidation sites excluding steroid dienone is 1. The van der Waals surface area contributed by atoms with Crippen LogP contribution >= 0.6 is 0 Å². The Bertz CT molecular complexity index is 1020. The number of esters is 1. The van der Waals surface area contributed by atoms with Gasteiger partial charge in [-0.15, -0.1) is 0 Å². The second-order valence-corrected chi connectivity index (χ2v) is 10.3. The third kappa shape index (κ3) is 3.39. The van der Waals surface area contributed by atoms with Crippen LogP contribution in [0.2, 0.25) is 0 Å². The summed E-state index contributed by atoms with van der Waals surface area (Å²) in [4.78, 5) is 25.3. The van der Waals surface area contributed by atoms with Gasteiger partial charge in [-0.1, -0.05) is 29.8 Å². The lowest BCUT2D eigenvalue weighted by Crippen LogP contribution is -2.80. The number of carbonyl (C=O) groups is 2. The minimum atomic E-state index is -3.98. The highest BCUT2D eigenvalue weighted by Gasteiger charge is 2.79. The molecule has 4 rings (SSSR count). The van der Waals surface area contributed by atoms with E-state index in [0.717, 1.165) is 18.4 Å². The standard InChI is InChI=1S/C22H27NO7S/c1-14-8-10-16(11-9-14)31(27,28)29-13-12-17-19(25)23-22(20(26)30-21(17,22)2)18(24)15-6-4-3-5-7-15/h4,6,8-11,15,17-18,24H,3,5,7,12-13H2,1-2H3,(H,23,25)/t15?,17?,18-,21-,22-/m0/s1. The van der Waals surface area contributed by atoms with Crippen molar-refractivity contribution in [1.29, 1.82) is 0 Å². The number of hydrogen-bond donors (Lipinski definition) is 2. The minimum Gasteiger partial charge on any atom is -0.453 e. The fraction of sp³-hybridized carbons (Fsp3) is 0.545. The van der Waals surface area contributed by atoms with Gasteiger partial charge in [0, 0.05) is 5.92 Å². The maximum absolute atomic E-state index is 12.8. The van der Waals surface area contributed by atoms with E-state index >= 15 is 0 Å². The van der Waals surface area contributed by atoms with Gasteiger partial charge >= 0.3 is 5.97 Å². The average molecular weight is 450 g/mol. The third-order valence-electron chi connectivity index (χ3n) is 6.81. The number of aryl methyl sites for hydroxylation is 1. The Balaban J connectivity index is 1.48. The van der Waals surface area contributed by atoms with Crippen LogP contribution in [0.25, 0.3) is 0 Å². The lowest BCUT2D eigenvalue weighted by Gasteiger charge is -2.54. The van der Waals surface area contributed by atoms with Crippen molar-refractivity contribution in [2.75, 3.05) is 6.61 Å². The first-order chi connectivity index (χ1) is 14.6. The van der Waals surface area contributed by atoms with Crippen LogP contribution in [-0.2, 0) is 28.6 Å². The van der Waals surface area contributed by atoms with Gasteiger partial charge in [0.05, 0.1) is 23.5 Å². The minimum absolute atomic E-state index is 0.0235. The van der Waals surface area contributed by atoms with E-state index in [2.05, 4.69) is 5.32 Å². The normalized spacial score (nSPS) is 33.3. The first kappa shape index (κ1) is 22.0. The molecule has 0 bridgehead atoms. The van der Waals surface area contributed by atoms with Crippen LogP contribution in [0, 0.1) is 18.8 Å². The molecule has 3 aliphatic rings. The number of benzene rings is 1. The van der Waals surface area contributed by atoms with E-state index in [0.29, 0.717) is 6.42 Å². The molecule has 0 spiro atoms. The van der Waals surface area contributed by atoms with E-state index < -0.39 is 45.2 Å². The van der Waals surface area contributed by atoms with Gasteiger partial charge in [-0.05, 0) is 51.7 Å². The molecule has 2 N–H and O–H groups in total. The Morgan fingerprint density at radius 2 is 2.00 bits per heavy atom. The van der Waals surface area contributed by atoms with Gasteiger partial charge in [0.25, 0.3) is 10.1 Å². The number of fused-ring (bicyclic) bond motifs is 1. The molecule has 0 aromatic heterocycles. The Morgan fingerprint density at radius 3 is 2.61 bits per heavy atom. The number of hydrogen-bond acceptors (Lipinski definition) is 7. The lowest BCUT2D eigenvalue weighted by atomic mass is 9.64. The summed E-state index contributed by atoms with van der Waals surface area (Å²) in [5.74, 6) is -2.21. The zero-order valence-corrected chi connectivity index (χ0v) is 18.4. The van der Waals surface area contributed by atoms with Crippen molar-refractivity contribution in [3.05, 3.63) is 42.0 Å². The van der Waals surface area contributed by atoms with Crippen molar-refractivity contribution in [1.82, 2.24) is 5.32 Å².